The number of likely N-dealkylation sites (tertiary alicyclic amines) is 3. The first kappa shape index (κ1) is 83.8. The third kappa shape index (κ3) is 16.0. The molecule has 26 heteroatoms. The molecule has 8 saturated heterocycles. The van der Waals surface area contributed by atoms with E-state index < -0.39 is 40.1 Å². The summed E-state index contributed by atoms with van der Waals surface area (Å²) in [5.74, 6) is 3.17. The smallest absolute Gasteiger partial charge is 0.411 e. The van der Waals surface area contributed by atoms with Gasteiger partial charge < -0.3 is 59.1 Å². The standard InChI is InChI=1S/C53H66F2N8O4.C48H58F2N8O2/c1-52(2,3)66-50(64)62-41-14-10-12-30(41)26-45(62)48-56-37-18-16-32(24-39(37)58-48)43-20-21-44(61(43)34-28-35(54)47(36(55)29-34)60-22-8-7-9-23-60)33-17-19-38-40(25-33)59-49(57-38)46-27-31-13-11-15-42(31)63(46)51(65)67-53(4,5)6;1-48(2,3)60-47(59)58-40-12-8-10-28(40)24-43(58)46-53-36-16-14-30(23-38(36)55-46)42-18-17-41(57(42)31-25-32(49)44(33(50)26-31)56-19-5-4-6-20-56)29-13-15-35-37(22-29)54-45(52-35)39-21-27-9-7-11-34(27)51-39/h16-19,24-25,28-31,41-46H,7-15,20-23,26-27H2,1-6H3,(H,56,58)(H,57,59);13-16,22-23,25-28,34,39-43,51H,4-12,17-21,24H2,1-3H3,(H,52,54)(H,53,55)/t30-,31?,41-,42?,43+,44+,45-,46-;27?,28-,34?,39-,40-,41+,42+,43-/m00/s1. The summed E-state index contributed by atoms with van der Waals surface area (Å²) < 4.78 is 83.3. The fourth-order valence-electron chi connectivity index (χ4n) is 25.2. The molecule has 0 spiro atoms. The van der Waals surface area contributed by atoms with Gasteiger partial charge in [0.25, 0.3) is 0 Å². The van der Waals surface area contributed by atoms with Crippen LogP contribution in [0.5, 0.6) is 0 Å². The molecule has 12 fully saturated rings. The number of imidazole rings is 4. The highest BCUT2D eigenvalue weighted by molar-refractivity contribution is 5.82. The minimum absolute atomic E-state index is 0.0570. The third-order valence-electron chi connectivity index (χ3n) is 30.6. The molecule has 4 unspecified atom stereocenters. The van der Waals surface area contributed by atoms with Gasteiger partial charge in [-0.2, -0.15) is 0 Å². The molecule has 6 aromatic carbocycles. The van der Waals surface area contributed by atoms with E-state index in [0.29, 0.717) is 61.3 Å². The predicted octanol–water partition coefficient (Wildman–Crippen LogP) is 23.3. The van der Waals surface area contributed by atoms with Gasteiger partial charge in [-0.1, -0.05) is 49.9 Å². The average Bonchev–Trinajstić information content (AvgIpc) is 1.62. The molecule has 22 rings (SSSR count). The normalized spacial score (nSPS) is 28.5. The van der Waals surface area contributed by atoms with Crippen molar-refractivity contribution in [3.63, 3.8) is 0 Å². The van der Waals surface area contributed by atoms with Crippen molar-refractivity contribution in [2.75, 3.05) is 45.8 Å². The Bertz CT molecular complexity index is 5630. The molecule has 8 aliphatic heterocycles. The lowest BCUT2D eigenvalue weighted by molar-refractivity contribution is 0.0120. The number of carbonyl (C=O) groups is 3. The lowest BCUT2D eigenvalue weighted by Gasteiger charge is -2.35. The second kappa shape index (κ2) is 32.8. The van der Waals surface area contributed by atoms with Crippen molar-refractivity contribution in [1.29, 1.82) is 0 Å². The maximum Gasteiger partial charge on any atom is 0.411 e. The first-order valence-electron chi connectivity index (χ1n) is 47.9. The Morgan fingerprint density at radius 2 is 0.638 bits per heavy atom. The maximum atomic E-state index is 16.4. The summed E-state index contributed by atoms with van der Waals surface area (Å²) in [5, 5.41) is 3.84. The number of nitrogens with one attached hydrogen (secondary N) is 5. The molecule has 4 saturated carbocycles. The summed E-state index contributed by atoms with van der Waals surface area (Å²) in [6, 6.07) is 31.4. The zero-order chi connectivity index (χ0) is 87.4. The van der Waals surface area contributed by atoms with Gasteiger partial charge in [0.15, 0.2) is 23.3 Å². The fraction of sp³-hybridized carbons (Fsp3) is 0.574. The van der Waals surface area contributed by atoms with Crippen LogP contribution in [0.2, 0.25) is 0 Å². The van der Waals surface area contributed by atoms with Crippen molar-refractivity contribution in [3.8, 4) is 0 Å². The Kier molecular flexibility index (Phi) is 21.7. The Labute approximate surface area is 741 Å². The zero-order valence-electron chi connectivity index (χ0n) is 75.1. The molecule has 4 aromatic heterocycles. The number of benzene rings is 6. The summed E-state index contributed by atoms with van der Waals surface area (Å²) in [4.78, 5) is 90.0. The van der Waals surface area contributed by atoms with Gasteiger partial charge >= 0.3 is 18.3 Å². The number of H-pyrrole nitrogens is 4. The van der Waals surface area contributed by atoms with Crippen molar-refractivity contribution in [1.82, 2.24) is 59.9 Å². The number of carbonyl (C=O) groups excluding carboxylic acids is 3. The summed E-state index contributed by atoms with van der Waals surface area (Å²) >= 11 is 0. The quantitative estimate of drug-likeness (QED) is 0.0566. The number of ether oxygens (including phenoxy) is 3. The summed E-state index contributed by atoms with van der Waals surface area (Å²) in [7, 11) is 0. The van der Waals surface area contributed by atoms with E-state index in [1.54, 1.807) is 12.1 Å². The fourth-order valence-corrected chi connectivity index (χ4v) is 25.2. The number of hydrogen-bond acceptors (Lipinski definition) is 15. The molecular weight excluding hydrogens is 1610 g/mol. The molecule has 0 bridgehead atoms. The van der Waals surface area contributed by atoms with Crippen LogP contribution in [0.1, 0.15) is 323 Å². The molecule has 3 amide bonds. The highest BCUT2D eigenvalue weighted by Crippen LogP contribution is 2.56. The SMILES string of the molecule is CC(C)(C)OC(=O)N1C2CCCC2C[C@H]1c1nc2ccc([C@H]3CC[C@H](c4ccc5nc([C@@H]6C[C@@H]7CCC[C@@H]7N6C(=O)OC(C)(C)C)[nH]c5c4)N3c3cc(F)c(N4CCCCC4)c(F)c3)cc2[nH]1.CC(C)(C)OC(=O)N1[C@H](c2nc3ccc([C@H]4CC[C@H](c5ccc6nc([C@@H]7CC8CCCC8N7)[nH]c6c5)N4c4cc(F)c(N5CCCCC5)c(F)c4)cc3[nH]2)C[C@@H]2CCC[C@@H]21. The lowest BCUT2D eigenvalue weighted by Crippen LogP contribution is -2.41. The number of piperidine rings is 2. The monoisotopic (exact) mass is 1730 g/mol. The van der Waals surface area contributed by atoms with Crippen LogP contribution in [0.4, 0.5) is 54.7 Å². The molecule has 12 heterocycles. The average molecular weight is 1730 g/mol. The topological polar surface area (TPSA) is 228 Å². The summed E-state index contributed by atoms with van der Waals surface area (Å²) in [6.07, 6.45) is 25.1. The molecule has 12 aliphatic rings. The van der Waals surface area contributed by atoms with Gasteiger partial charge in [0.05, 0.1) is 92.5 Å². The molecule has 4 aliphatic carbocycles. The van der Waals surface area contributed by atoms with Crippen molar-refractivity contribution < 1.29 is 46.2 Å². The Balaban J connectivity index is 0.000000156. The highest BCUT2D eigenvalue weighted by Gasteiger charge is 2.53. The van der Waals surface area contributed by atoms with Gasteiger partial charge in [0, 0.05) is 61.7 Å². The second-order valence-corrected chi connectivity index (χ2v) is 42.2. The number of aromatic nitrogens is 8. The first-order valence-corrected chi connectivity index (χ1v) is 47.9. The van der Waals surface area contributed by atoms with Crippen LogP contribution in [0, 0.1) is 46.9 Å². The van der Waals surface area contributed by atoms with Crippen LogP contribution < -0.4 is 24.9 Å². The van der Waals surface area contributed by atoms with Crippen molar-refractivity contribution in [2.45, 2.75) is 319 Å². The van der Waals surface area contributed by atoms with Crippen LogP contribution in [-0.4, -0.2) is 140 Å². The van der Waals surface area contributed by atoms with Crippen LogP contribution in [0.15, 0.2) is 97.1 Å². The van der Waals surface area contributed by atoms with E-state index in [0.717, 1.165) is 243 Å². The lowest BCUT2D eigenvalue weighted by atomic mass is 10.0. The predicted molar refractivity (Wildman–Crippen MR) is 485 cm³/mol. The van der Waals surface area contributed by atoms with E-state index in [1.807, 2.05) is 105 Å². The number of hydrogen-bond donors (Lipinski definition) is 5. The minimum Gasteiger partial charge on any atom is -0.444 e. The Morgan fingerprint density at radius 3 is 0.953 bits per heavy atom. The van der Waals surface area contributed by atoms with Gasteiger partial charge in [-0.3, -0.25) is 14.7 Å². The van der Waals surface area contributed by atoms with Crippen molar-refractivity contribution in [3.05, 3.63) is 166 Å². The van der Waals surface area contributed by atoms with E-state index in [2.05, 4.69) is 89.6 Å². The van der Waals surface area contributed by atoms with E-state index in [-0.39, 0.29) is 96.1 Å². The van der Waals surface area contributed by atoms with Crippen molar-refractivity contribution >= 4 is 85.2 Å². The van der Waals surface area contributed by atoms with Crippen LogP contribution >= 0.6 is 0 Å². The molecule has 127 heavy (non-hydrogen) atoms. The molecule has 672 valence electrons. The van der Waals surface area contributed by atoms with Crippen LogP contribution in [-0.2, 0) is 14.2 Å². The van der Waals surface area contributed by atoms with E-state index in [1.165, 1.54) is 31.4 Å². The second-order valence-electron chi connectivity index (χ2n) is 42.2. The van der Waals surface area contributed by atoms with Crippen molar-refractivity contribution in [2.24, 2.45) is 23.7 Å². The van der Waals surface area contributed by atoms with Gasteiger partial charge in [0.2, 0.25) is 0 Å². The number of rotatable bonds is 12. The van der Waals surface area contributed by atoms with Gasteiger partial charge in [-0.05, 0) is 322 Å². The number of anilines is 4. The molecule has 0 radical (unpaired) electrons. The molecule has 16 atom stereocenters. The maximum absolute atomic E-state index is 16.4. The largest absolute Gasteiger partial charge is 0.444 e. The van der Waals surface area contributed by atoms with E-state index in [9.17, 15) is 14.4 Å². The van der Waals surface area contributed by atoms with Crippen LogP contribution in [0.25, 0.3) is 44.1 Å². The molecule has 22 nitrogen and oxygen atoms in total. The van der Waals surface area contributed by atoms with Gasteiger partial charge in [-0.25, -0.2) is 51.9 Å². The van der Waals surface area contributed by atoms with E-state index in [4.69, 9.17) is 34.1 Å². The van der Waals surface area contributed by atoms with Crippen LogP contribution in [0.3, 0.4) is 0 Å². The van der Waals surface area contributed by atoms with E-state index >= 15 is 17.6 Å². The Morgan fingerprint density at radius 1 is 0.339 bits per heavy atom. The third-order valence-corrected chi connectivity index (χ3v) is 30.6. The number of fused-ring (bicyclic) bond motifs is 8. The van der Waals surface area contributed by atoms with Gasteiger partial charge in [0.1, 0.15) is 51.5 Å². The molecule has 5 N–H and O–H groups in total. The molecular formula is C101H124F4N16O6. The number of halogens is 4. The number of aromatic amines is 4. The summed E-state index contributed by atoms with van der Waals surface area (Å²) in [6.45, 7) is 19.8. The number of nitrogens with zero attached hydrogens (tertiary/aromatic N) is 11. The molecule has 10 aromatic rings. The first-order chi connectivity index (χ1) is 61.1. The highest BCUT2D eigenvalue weighted by atomic mass is 19.1. The number of amides is 3. The summed E-state index contributed by atoms with van der Waals surface area (Å²) in [5.41, 5.74) is 10.5. The van der Waals surface area contributed by atoms with Gasteiger partial charge in [-0.15, -0.1) is 0 Å². The Hall–Kier alpha value is -10.1. The zero-order valence-corrected chi connectivity index (χ0v) is 75.1. The minimum atomic E-state index is -0.612.